The first-order chi connectivity index (χ1) is 9.45. The second kappa shape index (κ2) is 4.44. The number of hydrogen-bond acceptors (Lipinski definition) is 2. The quantitative estimate of drug-likeness (QED) is 0.819. The molecule has 3 heteroatoms. The second-order valence-electron chi connectivity index (χ2n) is 6.86. The molecule has 1 amide bonds. The van der Waals surface area contributed by atoms with Gasteiger partial charge in [-0.3, -0.25) is 4.79 Å². The first-order valence-corrected chi connectivity index (χ1v) is 7.37. The van der Waals surface area contributed by atoms with Crippen molar-refractivity contribution < 1.29 is 4.79 Å². The molecular formula is C17H22N2O. The molecule has 2 saturated carbocycles. The lowest BCUT2D eigenvalue weighted by molar-refractivity contribution is 0.0954. The number of nitrogens with zero attached hydrogens (tertiary/aromatic N) is 1. The number of rotatable bonds is 2. The smallest absolute Gasteiger partial charge is 0.267 e. The highest BCUT2D eigenvalue weighted by molar-refractivity contribution is 5.98. The number of hydrazone groups is 1. The molecule has 0 radical (unpaired) electrons. The largest absolute Gasteiger partial charge is 0.271 e. The molecule has 1 N–H and O–H groups in total. The van der Waals surface area contributed by atoms with Crippen LogP contribution in [-0.4, -0.2) is 11.6 Å². The Morgan fingerprint density at radius 2 is 1.95 bits per heavy atom. The average molecular weight is 270 g/mol. The molecule has 1 aromatic carbocycles. The first kappa shape index (κ1) is 13.3. The van der Waals surface area contributed by atoms with Crippen molar-refractivity contribution in [3.05, 3.63) is 35.9 Å². The Bertz CT molecular complexity index is 562. The Morgan fingerprint density at radius 1 is 1.25 bits per heavy atom. The molecule has 2 bridgehead atoms. The Labute approximate surface area is 120 Å². The number of nitrogens with one attached hydrogen (secondary N) is 1. The summed E-state index contributed by atoms with van der Waals surface area (Å²) < 4.78 is 0. The SMILES string of the molecule is CC12CCC(C/C1=N\NC(=O)c1ccccc1)C2(C)C. The molecule has 0 heterocycles. The van der Waals surface area contributed by atoms with Crippen molar-refractivity contribution >= 4 is 11.6 Å². The fraction of sp³-hybridized carbons (Fsp3) is 0.529. The highest BCUT2D eigenvalue weighted by Gasteiger charge is 2.59. The Morgan fingerprint density at radius 3 is 2.50 bits per heavy atom. The van der Waals surface area contributed by atoms with E-state index in [1.54, 1.807) is 0 Å². The fourth-order valence-electron chi connectivity index (χ4n) is 3.87. The first-order valence-electron chi connectivity index (χ1n) is 7.37. The number of benzene rings is 1. The van der Waals surface area contributed by atoms with E-state index in [9.17, 15) is 4.79 Å². The van der Waals surface area contributed by atoms with Gasteiger partial charge in [0.25, 0.3) is 5.91 Å². The lowest BCUT2D eigenvalue weighted by atomic mass is 9.70. The molecule has 0 aliphatic heterocycles. The minimum absolute atomic E-state index is 0.123. The Hall–Kier alpha value is -1.64. The molecule has 2 atom stereocenters. The van der Waals surface area contributed by atoms with E-state index in [1.807, 2.05) is 30.3 Å². The summed E-state index contributed by atoms with van der Waals surface area (Å²) in [6.45, 7) is 6.98. The van der Waals surface area contributed by atoms with Crippen LogP contribution in [0.1, 0.15) is 50.4 Å². The van der Waals surface area contributed by atoms with Crippen LogP contribution in [0.25, 0.3) is 0 Å². The zero-order chi connectivity index (χ0) is 14.4. The van der Waals surface area contributed by atoms with Crippen LogP contribution in [0, 0.1) is 16.7 Å². The Kier molecular flexibility index (Phi) is 2.96. The van der Waals surface area contributed by atoms with Crippen molar-refractivity contribution in [3.63, 3.8) is 0 Å². The molecule has 1 aromatic rings. The fourth-order valence-corrected chi connectivity index (χ4v) is 3.87. The molecule has 2 unspecified atom stereocenters. The zero-order valence-corrected chi connectivity index (χ0v) is 12.4. The van der Waals surface area contributed by atoms with Crippen LogP contribution < -0.4 is 5.43 Å². The predicted molar refractivity (Wildman–Crippen MR) is 80.6 cm³/mol. The van der Waals surface area contributed by atoms with Crippen molar-refractivity contribution in [2.24, 2.45) is 21.8 Å². The maximum absolute atomic E-state index is 12.1. The number of carbonyl (C=O) groups excluding carboxylic acids is 1. The molecule has 3 rings (SSSR count). The zero-order valence-electron chi connectivity index (χ0n) is 12.4. The second-order valence-corrected chi connectivity index (χ2v) is 6.86. The number of hydrogen-bond donors (Lipinski definition) is 1. The van der Waals surface area contributed by atoms with Crippen LogP contribution in [0.5, 0.6) is 0 Å². The van der Waals surface area contributed by atoms with Gasteiger partial charge in [-0.1, -0.05) is 39.0 Å². The van der Waals surface area contributed by atoms with E-state index < -0.39 is 0 Å². The van der Waals surface area contributed by atoms with Crippen LogP contribution in [-0.2, 0) is 0 Å². The van der Waals surface area contributed by atoms with Gasteiger partial charge in [0.15, 0.2) is 0 Å². The van der Waals surface area contributed by atoms with Gasteiger partial charge in [0.1, 0.15) is 0 Å². The lowest BCUT2D eigenvalue weighted by Crippen LogP contribution is -2.34. The van der Waals surface area contributed by atoms with Crippen LogP contribution in [0.3, 0.4) is 0 Å². The topological polar surface area (TPSA) is 41.5 Å². The third-order valence-electron chi connectivity index (χ3n) is 5.84. The van der Waals surface area contributed by atoms with Crippen LogP contribution >= 0.6 is 0 Å². The van der Waals surface area contributed by atoms with Crippen molar-refractivity contribution in [1.29, 1.82) is 0 Å². The van der Waals surface area contributed by atoms with Crippen LogP contribution in [0.15, 0.2) is 35.4 Å². The molecular weight excluding hydrogens is 248 g/mol. The standard InChI is InChI=1S/C17H22N2O/c1-16(2)13-9-10-17(16,3)14(11-13)18-19-15(20)12-7-5-4-6-8-12/h4-8,13H,9-11H2,1-3H3,(H,19,20)/b18-14+. The normalized spacial score (nSPS) is 32.5. The van der Waals surface area contributed by atoms with Gasteiger partial charge < -0.3 is 0 Å². The average Bonchev–Trinajstić information content (AvgIpc) is 2.78. The summed E-state index contributed by atoms with van der Waals surface area (Å²) in [5.41, 5.74) is 5.00. The maximum atomic E-state index is 12.1. The van der Waals surface area contributed by atoms with E-state index in [1.165, 1.54) is 18.6 Å². The Balaban J connectivity index is 1.77. The van der Waals surface area contributed by atoms with E-state index in [0.717, 1.165) is 6.42 Å². The number of amides is 1. The summed E-state index contributed by atoms with van der Waals surface area (Å²) >= 11 is 0. The molecule has 0 aromatic heterocycles. The minimum atomic E-state index is -0.123. The van der Waals surface area contributed by atoms with Crippen molar-refractivity contribution in [3.8, 4) is 0 Å². The van der Waals surface area contributed by atoms with Gasteiger partial charge in [-0.25, -0.2) is 5.43 Å². The van der Waals surface area contributed by atoms with E-state index in [-0.39, 0.29) is 11.3 Å². The van der Waals surface area contributed by atoms with Crippen LogP contribution in [0.4, 0.5) is 0 Å². The highest BCUT2D eigenvalue weighted by atomic mass is 16.2. The predicted octanol–water partition coefficient (Wildman–Crippen LogP) is 3.62. The summed E-state index contributed by atoms with van der Waals surface area (Å²) in [4.78, 5) is 12.1. The molecule has 20 heavy (non-hydrogen) atoms. The van der Waals surface area contributed by atoms with Gasteiger partial charge in [-0.2, -0.15) is 5.10 Å². The van der Waals surface area contributed by atoms with Gasteiger partial charge in [-0.05, 0) is 42.7 Å². The molecule has 2 fully saturated rings. The maximum Gasteiger partial charge on any atom is 0.271 e. The molecule has 106 valence electrons. The molecule has 2 aliphatic carbocycles. The van der Waals surface area contributed by atoms with Gasteiger partial charge >= 0.3 is 0 Å². The van der Waals surface area contributed by atoms with Gasteiger partial charge in [0.2, 0.25) is 0 Å². The summed E-state index contributed by atoms with van der Waals surface area (Å²) in [5.74, 6) is 0.585. The van der Waals surface area contributed by atoms with Crippen molar-refractivity contribution in [1.82, 2.24) is 5.43 Å². The van der Waals surface area contributed by atoms with Gasteiger partial charge in [0.05, 0.1) is 0 Å². The summed E-state index contributed by atoms with van der Waals surface area (Å²) in [6, 6.07) is 9.25. The van der Waals surface area contributed by atoms with E-state index >= 15 is 0 Å². The van der Waals surface area contributed by atoms with Gasteiger partial charge in [-0.15, -0.1) is 0 Å². The lowest BCUT2D eigenvalue weighted by Gasteiger charge is -2.34. The van der Waals surface area contributed by atoms with E-state index in [0.29, 0.717) is 16.9 Å². The number of fused-ring (bicyclic) bond motifs is 2. The third kappa shape index (κ3) is 1.80. The molecule has 0 spiro atoms. The minimum Gasteiger partial charge on any atom is -0.267 e. The molecule has 3 nitrogen and oxygen atoms in total. The van der Waals surface area contributed by atoms with Crippen molar-refractivity contribution in [2.75, 3.05) is 0 Å². The van der Waals surface area contributed by atoms with Gasteiger partial charge in [0, 0.05) is 16.7 Å². The summed E-state index contributed by atoms with van der Waals surface area (Å²) in [7, 11) is 0. The van der Waals surface area contributed by atoms with E-state index in [2.05, 4.69) is 31.3 Å². The third-order valence-corrected chi connectivity index (χ3v) is 5.84. The van der Waals surface area contributed by atoms with Crippen LogP contribution in [0.2, 0.25) is 0 Å². The van der Waals surface area contributed by atoms with Crippen molar-refractivity contribution in [2.45, 2.75) is 40.0 Å². The molecule has 2 aliphatic rings. The molecule has 0 saturated heterocycles. The highest BCUT2D eigenvalue weighted by Crippen LogP contribution is 2.63. The van der Waals surface area contributed by atoms with E-state index in [4.69, 9.17) is 0 Å². The summed E-state index contributed by atoms with van der Waals surface area (Å²) in [6.07, 6.45) is 3.50. The monoisotopic (exact) mass is 270 g/mol. The number of carbonyl (C=O) groups is 1. The summed E-state index contributed by atoms with van der Waals surface area (Å²) in [5, 5.41) is 4.47.